The van der Waals surface area contributed by atoms with Gasteiger partial charge in [0.2, 0.25) is 5.91 Å². The van der Waals surface area contributed by atoms with Gasteiger partial charge >= 0.3 is 0 Å². The summed E-state index contributed by atoms with van der Waals surface area (Å²) in [5.41, 5.74) is 2.43. The highest BCUT2D eigenvalue weighted by atomic mass is 32.2. The van der Waals surface area contributed by atoms with Crippen LogP contribution in [0.1, 0.15) is 95.1 Å². The van der Waals surface area contributed by atoms with Gasteiger partial charge in [-0.25, -0.2) is 8.42 Å². The standard InChI is InChI=1S/C39H51N5O6S/c1-7-49-24-30-21-28(17-18-31(30)32-15-10-11-16-33(32)51(47,48)42-35-26(2)27(3)50-41-35)23-44-34(22-38(4,5)6)40-39(37(44)46)19-12-20-43(25-39)36(45)29-13-8-9-14-29/h10-11,15-18,21,29H,7-9,12-14,19-20,22-25H2,1-6H3,(H,41,42)/t39-/m1/s1. The number of nitrogens with one attached hydrogen (secondary N) is 1. The molecule has 1 N–H and O–H groups in total. The van der Waals surface area contributed by atoms with Crippen LogP contribution in [0, 0.1) is 25.2 Å². The normalized spacial score (nSPS) is 20.0. The number of sulfonamides is 1. The number of likely N-dealkylation sites (tertiary alicyclic amines) is 1. The SMILES string of the molecule is CCOCc1cc(CN2C(=O)[C@]3(CCCN(C(=O)C4CCCC4)C3)N=C2CC(C)(C)C)ccc1-c1ccccc1S(=O)(=O)Nc1noc(C)c1C. The first-order valence-electron chi connectivity index (χ1n) is 18.2. The third-order valence-corrected chi connectivity index (χ3v) is 11.7. The van der Waals surface area contributed by atoms with Crippen LogP contribution in [0.4, 0.5) is 5.82 Å². The molecule has 0 bridgehead atoms. The first-order chi connectivity index (χ1) is 24.2. The highest BCUT2D eigenvalue weighted by Gasteiger charge is 2.52. The third kappa shape index (κ3) is 7.77. The minimum atomic E-state index is -4.04. The van der Waals surface area contributed by atoms with Crippen molar-refractivity contribution in [3.63, 3.8) is 0 Å². The van der Waals surface area contributed by atoms with Gasteiger partial charge in [-0.15, -0.1) is 0 Å². The summed E-state index contributed by atoms with van der Waals surface area (Å²) in [7, 11) is -4.04. The lowest BCUT2D eigenvalue weighted by atomic mass is 9.88. The number of amides is 2. The predicted molar refractivity (Wildman–Crippen MR) is 197 cm³/mol. The van der Waals surface area contributed by atoms with Gasteiger partial charge in [-0.05, 0) is 74.6 Å². The molecule has 2 aliphatic heterocycles. The van der Waals surface area contributed by atoms with Gasteiger partial charge in [0.1, 0.15) is 11.6 Å². The number of benzene rings is 2. The average Bonchev–Trinajstić information content (AvgIpc) is 3.80. The third-order valence-electron chi connectivity index (χ3n) is 10.3. The molecule has 1 saturated heterocycles. The number of amidine groups is 1. The molecule has 1 spiro atoms. The monoisotopic (exact) mass is 717 g/mol. The van der Waals surface area contributed by atoms with E-state index in [0.717, 1.165) is 49.1 Å². The van der Waals surface area contributed by atoms with Gasteiger partial charge in [0.25, 0.3) is 15.9 Å². The molecule has 3 heterocycles. The summed E-state index contributed by atoms with van der Waals surface area (Å²) in [6.07, 6.45) is 5.99. The summed E-state index contributed by atoms with van der Waals surface area (Å²) in [5, 5.41) is 3.90. The fourth-order valence-electron chi connectivity index (χ4n) is 7.56. The lowest BCUT2D eigenvalue weighted by Crippen LogP contribution is -2.55. The zero-order valence-electron chi connectivity index (χ0n) is 30.8. The van der Waals surface area contributed by atoms with Crippen LogP contribution < -0.4 is 4.72 Å². The van der Waals surface area contributed by atoms with Crippen LogP contribution in [0.25, 0.3) is 11.1 Å². The van der Waals surface area contributed by atoms with Gasteiger partial charge in [-0.2, -0.15) is 0 Å². The second-order valence-electron chi connectivity index (χ2n) is 15.5. The Labute approximate surface area is 301 Å². The van der Waals surface area contributed by atoms with Gasteiger partial charge in [-0.3, -0.25) is 24.2 Å². The Morgan fingerprint density at radius 1 is 1.08 bits per heavy atom. The summed E-state index contributed by atoms with van der Waals surface area (Å²) in [6.45, 7) is 13.8. The van der Waals surface area contributed by atoms with E-state index >= 15 is 0 Å². The van der Waals surface area contributed by atoms with Crippen LogP contribution in [0.5, 0.6) is 0 Å². The number of anilines is 1. The molecule has 3 aliphatic rings. The van der Waals surface area contributed by atoms with Crippen LogP contribution in [0.15, 0.2) is 56.9 Å². The zero-order chi connectivity index (χ0) is 36.6. The number of carbonyl (C=O) groups is 2. The molecule has 0 radical (unpaired) electrons. The fourth-order valence-corrected chi connectivity index (χ4v) is 8.84. The van der Waals surface area contributed by atoms with E-state index in [4.69, 9.17) is 14.3 Å². The number of hydrogen-bond donors (Lipinski definition) is 1. The van der Waals surface area contributed by atoms with Crippen molar-refractivity contribution >= 4 is 33.5 Å². The first kappa shape index (κ1) is 36.8. The second-order valence-corrected chi connectivity index (χ2v) is 17.1. The summed E-state index contributed by atoms with van der Waals surface area (Å²) < 4.78 is 41.2. The minimum Gasteiger partial charge on any atom is -0.377 e. The van der Waals surface area contributed by atoms with Gasteiger partial charge < -0.3 is 14.2 Å². The highest BCUT2D eigenvalue weighted by Crippen LogP contribution is 2.39. The minimum absolute atomic E-state index is 0.0537. The Morgan fingerprint density at radius 3 is 2.51 bits per heavy atom. The molecular formula is C39H51N5O6S. The number of aryl methyl sites for hydroxylation is 1. The van der Waals surface area contributed by atoms with E-state index in [9.17, 15) is 18.0 Å². The van der Waals surface area contributed by atoms with E-state index in [1.54, 1.807) is 38.1 Å². The zero-order valence-corrected chi connectivity index (χ0v) is 31.6. The lowest BCUT2D eigenvalue weighted by Gasteiger charge is -2.38. The van der Waals surface area contributed by atoms with Crippen LogP contribution in [-0.2, 0) is 37.5 Å². The predicted octanol–water partition coefficient (Wildman–Crippen LogP) is 7.02. The van der Waals surface area contributed by atoms with Gasteiger partial charge in [-0.1, -0.05) is 75.2 Å². The molecule has 0 unspecified atom stereocenters. The van der Waals surface area contributed by atoms with E-state index in [0.29, 0.717) is 61.5 Å². The number of nitrogens with zero attached hydrogens (tertiary/aromatic N) is 4. The number of aromatic nitrogens is 1. The molecule has 2 amide bonds. The quantitative estimate of drug-likeness (QED) is 0.225. The molecular weight excluding hydrogens is 667 g/mol. The van der Waals surface area contributed by atoms with E-state index in [1.165, 1.54) is 0 Å². The number of carbonyl (C=O) groups excluding carboxylic acids is 2. The Morgan fingerprint density at radius 2 is 1.82 bits per heavy atom. The summed E-state index contributed by atoms with van der Waals surface area (Å²) in [4.78, 5) is 37.0. The van der Waals surface area contributed by atoms with Crippen LogP contribution in [0.3, 0.4) is 0 Å². The van der Waals surface area contributed by atoms with Crippen molar-refractivity contribution in [3.05, 3.63) is 64.9 Å². The largest absolute Gasteiger partial charge is 0.377 e. The van der Waals surface area contributed by atoms with Crippen LogP contribution >= 0.6 is 0 Å². The molecule has 1 aromatic heterocycles. The molecule has 274 valence electrons. The smallest absolute Gasteiger partial charge is 0.263 e. The van der Waals surface area contributed by atoms with Crippen LogP contribution in [-0.4, -0.2) is 66.3 Å². The van der Waals surface area contributed by atoms with E-state index in [1.807, 2.05) is 34.9 Å². The van der Waals surface area contributed by atoms with Gasteiger partial charge in [0.05, 0.1) is 24.6 Å². The molecule has 6 rings (SSSR count). The molecule has 2 aromatic carbocycles. The number of rotatable bonds is 11. The van der Waals surface area contributed by atoms with Crippen molar-refractivity contribution in [2.45, 2.75) is 110 Å². The number of hydrogen-bond acceptors (Lipinski definition) is 8. The molecule has 3 aromatic rings. The second kappa shape index (κ2) is 14.5. The summed E-state index contributed by atoms with van der Waals surface area (Å²) >= 11 is 0. The molecule has 2 fully saturated rings. The Kier molecular flexibility index (Phi) is 10.5. The van der Waals surface area contributed by atoms with Crippen molar-refractivity contribution in [2.75, 3.05) is 24.4 Å². The summed E-state index contributed by atoms with van der Waals surface area (Å²) in [5.74, 6) is 1.61. The van der Waals surface area contributed by atoms with E-state index in [2.05, 4.69) is 30.6 Å². The number of piperidine rings is 1. The maximum absolute atomic E-state index is 14.5. The first-order valence-corrected chi connectivity index (χ1v) is 19.6. The molecule has 1 saturated carbocycles. The molecule has 12 heteroatoms. The van der Waals surface area contributed by atoms with Gasteiger partial charge in [0, 0.05) is 36.6 Å². The van der Waals surface area contributed by atoms with Gasteiger partial charge in [0.15, 0.2) is 11.4 Å². The fraction of sp³-hybridized carbons (Fsp3) is 0.538. The molecule has 11 nitrogen and oxygen atoms in total. The van der Waals surface area contributed by atoms with Crippen molar-refractivity contribution in [1.29, 1.82) is 0 Å². The Balaban J connectivity index is 1.31. The topological polar surface area (TPSA) is 134 Å². The van der Waals surface area contributed by atoms with E-state index in [-0.39, 0.29) is 40.5 Å². The maximum atomic E-state index is 14.5. The average molecular weight is 718 g/mol. The van der Waals surface area contributed by atoms with Crippen molar-refractivity contribution in [2.24, 2.45) is 16.3 Å². The maximum Gasteiger partial charge on any atom is 0.263 e. The molecule has 1 aliphatic carbocycles. The van der Waals surface area contributed by atoms with Crippen LogP contribution in [0.2, 0.25) is 0 Å². The van der Waals surface area contributed by atoms with Crippen molar-refractivity contribution in [1.82, 2.24) is 15.0 Å². The highest BCUT2D eigenvalue weighted by molar-refractivity contribution is 7.92. The number of aliphatic imine (C=N–C) groups is 1. The Bertz CT molecular complexity index is 1920. The molecule has 1 atom stereocenters. The molecule has 51 heavy (non-hydrogen) atoms. The van der Waals surface area contributed by atoms with E-state index < -0.39 is 15.6 Å². The lowest BCUT2D eigenvalue weighted by molar-refractivity contribution is -0.141. The van der Waals surface area contributed by atoms with Crippen molar-refractivity contribution < 1.29 is 27.3 Å². The Hall–Kier alpha value is -4.03. The summed E-state index contributed by atoms with van der Waals surface area (Å²) in [6, 6.07) is 12.7. The number of ether oxygens (including phenoxy) is 1. The van der Waals surface area contributed by atoms with Crippen molar-refractivity contribution in [3.8, 4) is 11.1 Å².